The molecule has 3 aromatic rings. The SMILES string of the molecule is CCCc1sc(NN=Cc2cccnc2)nc1-c1ccc(Cl)cc1Cl. The van der Waals surface area contributed by atoms with E-state index in [1.54, 1.807) is 36.0 Å². The maximum Gasteiger partial charge on any atom is 0.204 e. The predicted octanol–water partition coefficient (Wildman–Crippen LogP) is 5.91. The van der Waals surface area contributed by atoms with Crippen LogP contribution in [0, 0.1) is 0 Å². The fourth-order valence-corrected chi connectivity index (χ4v) is 3.83. The summed E-state index contributed by atoms with van der Waals surface area (Å²) in [6.07, 6.45) is 7.14. The summed E-state index contributed by atoms with van der Waals surface area (Å²) in [6, 6.07) is 9.26. The number of hydrogen-bond donors (Lipinski definition) is 1. The van der Waals surface area contributed by atoms with Gasteiger partial charge in [0.1, 0.15) is 0 Å². The second-order valence-corrected chi connectivity index (χ2v) is 7.25. The van der Waals surface area contributed by atoms with Crippen LogP contribution >= 0.6 is 34.5 Å². The average Bonchev–Trinajstić information content (AvgIpc) is 2.99. The van der Waals surface area contributed by atoms with E-state index in [1.807, 2.05) is 24.3 Å². The van der Waals surface area contributed by atoms with Crippen LogP contribution in [0.2, 0.25) is 10.0 Å². The van der Waals surface area contributed by atoms with E-state index in [-0.39, 0.29) is 0 Å². The van der Waals surface area contributed by atoms with Crippen LogP contribution in [0.3, 0.4) is 0 Å². The molecule has 128 valence electrons. The van der Waals surface area contributed by atoms with E-state index in [1.165, 1.54) is 4.88 Å². The lowest BCUT2D eigenvalue weighted by atomic mass is 10.1. The Labute approximate surface area is 160 Å². The summed E-state index contributed by atoms with van der Waals surface area (Å²) in [5.74, 6) is 0. The molecule has 0 aliphatic heterocycles. The number of hydrazone groups is 1. The lowest BCUT2D eigenvalue weighted by Gasteiger charge is -2.04. The third-order valence-electron chi connectivity index (χ3n) is 3.42. The van der Waals surface area contributed by atoms with Crippen molar-refractivity contribution in [1.82, 2.24) is 9.97 Å². The van der Waals surface area contributed by atoms with Crippen molar-refractivity contribution in [3.8, 4) is 11.3 Å². The van der Waals surface area contributed by atoms with E-state index < -0.39 is 0 Å². The Morgan fingerprint density at radius 2 is 2.16 bits per heavy atom. The highest BCUT2D eigenvalue weighted by Gasteiger charge is 2.15. The largest absolute Gasteiger partial charge is 0.264 e. The van der Waals surface area contributed by atoms with E-state index >= 15 is 0 Å². The molecule has 2 aromatic heterocycles. The number of thiazole rings is 1. The van der Waals surface area contributed by atoms with Gasteiger partial charge in [-0.2, -0.15) is 5.10 Å². The first kappa shape index (κ1) is 17.9. The van der Waals surface area contributed by atoms with Gasteiger partial charge >= 0.3 is 0 Å². The summed E-state index contributed by atoms with van der Waals surface area (Å²) in [5.41, 5.74) is 5.68. The quantitative estimate of drug-likeness (QED) is 0.420. The molecule has 0 bridgehead atoms. The fourth-order valence-electron chi connectivity index (χ4n) is 2.30. The minimum atomic E-state index is 0.598. The Balaban J connectivity index is 1.85. The topological polar surface area (TPSA) is 50.2 Å². The summed E-state index contributed by atoms with van der Waals surface area (Å²) >= 11 is 13.9. The van der Waals surface area contributed by atoms with Gasteiger partial charge in [0.15, 0.2) is 0 Å². The van der Waals surface area contributed by atoms with Gasteiger partial charge in [0.25, 0.3) is 0 Å². The molecule has 0 radical (unpaired) electrons. The second kappa shape index (κ2) is 8.43. The number of hydrogen-bond acceptors (Lipinski definition) is 5. The Bertz CT molecular complexity index is 878. The molecule has 0 amide bonds. The van der Waals surface area contributed by atoms with Crippen LogP contribution < -0.4 is 5.43 Å². The first-order chi connectivity index (χ1) is 12.2. The van der Waals surface area contributed by atoms with Crippen molar-refractivity contribution in [3.05, 3.63) is 63.2 Å². The second-order valence-electron chi connectivity index (χ2n) is 5.32. The Morgan fingerprint density at radius 1 is 1.28 bits per heavy atom. The number of aryl methyl sites for hydroxylation is 1. The number of benzene rings is 1. The summed E-state index contributed by atoms with van der Waals surface area (Å²) in [7, 11) is 0. The van der Waals surface area contributed by atoms with Gasteiger partial charge in [-0.25, -0.2) is 4.98 Å². The maximum atomic E-state index is 6.35. The molecule has 0 atom stereocenters. The van der Waals surface area contributed by atoms with Gasteiger partial charge in [0.05, 0.1) is 16.9 Å². The molecule has 0 unspecified atom stereocenters. The number of nitrogens with zero attached hydrogens (tertiary/aromatic N) is 3. The molecule has 1 N–H and O–H groups in total. The van der Waals surface area contributed by atoms with E-state index in [9.17, 15) is 0 Å². The Morgan fingerprint density at radius 3 is 2.88 bits per heavy atom. The van der Waals surface area contributed by atoms with Crippen LogP contribution in [0.25, 0.3) is 11.3 Å². The zero-order valence-corrected chi connectivity index (χ0v) is 15.9. The Kier molecular flexibility index (Phi) is 6.02. The van der Waals surface area contributed by atoms with Gasteiger partial charge in [-0.1, -0.05) is 53.9 Å². The first-order valence-electron chi connectivity index (χ1n) is 7.81. The van der Waals surface area contributed by atoms with Gasteiger partial charge in [-0.05, 0) is 30.7 Å². The molecule has 4 nitrogen and oxygen atoms in total. The smallest absolute Gasteiger partial charge is 0.204 e. The van der Waals surface area contributed by atoms with Gasteiger partial charge in [0.2, 0.25) is 5.13 Å². The lowest BCUT2D eigenvalue weighted by Crippen LogP contribution is -1.91. The molecule has 0 saturated heterocycles. The highest BCUT2D eigenvalue weighted by atomic mass is 35.5. The van der Waals surface area contributed by atoms with E-state index in [0.29, 0.717) is 10.0 Å². The van der Waals surface area contributed by atoms with Crippen molar-refractivity contribution in [1.29, 1.82) is 0 Å². The first-order valence-corrected chi connectivity index (χ1v) is 9.39. The third kappa shape index (κ3) is 4.57. The van der Waals surface area contributed by atoms with Crippen LogP contribution in [0.15, 0.2) is 47.8 Å². The highest BCUT2D eigenvalue weighted by molar-refractivity contribution is 7.16. The molecular weight excluding hydrogens is 375 g/mol. The van der Waals surface area contributed by atoms with Crippen molar-refractivity contribution in [2.45, 2.75) is 19.8 Å². The number of anilines is 1. The van der Waals surface area contributed by atoms with Gasteiger partial charge in [0, 0.05) is 33.4 Å². The van der Waals surface area contributed by atoms with Crippen LogP contribution in [0.4, 0.5) is 5.13 Å². The molecule has 2 heterocycles. The summed E-state index contributed by atoms with van der Waals surface area (Å²) in [6.45, 7) is 2.14. The molecule has 0 saturated carbocycles. The fraction of sp³-hybridized carbons (Fsp3) is 0.167. The number of pyridine rings is 1. The molecule has 0 aliphatic carbocycles. The van der Waals surface area contributed by atoms with E-state index in [2.05, 4.69) is 27.4 Å². The van der Waals surface area contributed by atoms with Gasteiger partial charge in [-0.3, -0.25) is 10.4 Å². The number of halogens is 2. The van der Waals surface area contributed by atoms with Crippen molar-refractivity contribution in [2.24, 2.45) is 5.10 Å². The van der Waals surface area contributed by atoms with Crippen LogP contribution in [0.1, 0.15) is 23.8 Å². The number of aromatic nitrogens is 2. The molecular formula is C18H16Cl2N4S. The molecule has 25 heavy (non-hydrogen) atoms. The monoisotopic (exact) mass is 390 g/mol. The Hall–Kier alpha value is -1.95. The summed E-state index contributed by atoms with van der Waals surface area (Å²) in [5, 5.41) is 6.17. The van der Waals surface area contributed by atoms with Crippen LogP contribution in [-0.4, -0.2) is 16.2 Å². The molecule has 0 fully saturated rings. The van der Waals surface area contributed by atoms with E-state index in [0.717, 1.165) is 34.8 Å². The molecule has 0 spiro atoms. The lowest BCUT2D eigenvalue weighted by molar-refractivity contribution is 0.938. The van der Waals surface area contributed by atoms with E-state index in [4.69, 9.17) is 23.2 Å². The summed E-state index contributed by atoms with van der Waals surface area (Å²) in [4.78, 5) is 9.90. The third-order valence-corrected chi connectivity index (χ3v) is 4.99. The standard InChI is InChI=1S/C18H16Cl2N4S/c1-2-4-16-17(14-7-6-13(19)9-15(14)20)23-18(25-16)24-22-11-12-5-3-8-21-10-12/h3,5-11H,2,4H2,1H3,(H,23,24). The number of rotatable bonds is 6. The zero-order chi connectivity index (χ0) is 17.6. The van der Waals surface area contributed by atoms with Crippen molar-refractivity contribution < 1.29 is 0 Å². The van der Waals surface area contributed by atoms with Gasteiger partial charge in [-0.15, -0.1) is 0 Å². The molecule has 7 heteroatoms. The van der Waals surface area contributed by atoms with Crippen LogP contribution in [0.5, 0.6) is 0 Å². The maximum absolute atomic E-state index is 6.35. The van der Waals surface area contributed by atoms with Crippen molar-refractivity contribution >= 4 is 45.9 Å². The van der Waals surface area contributed by atoms with Crippen LogP contribution in [-0.2, 0) is 6.42 Å². The predicted molar refractivity (Wildman–Crippen MR) is 107 cm³/mol. The molecule has 0 aliphatic rings. The minimum absolute atomic E-state index is 0.598. The molecule has 3 rings (SSSR count). The number of nitrogens with one attached hydrogen (secondary N) is 1. The molecule has 1 aromatic carbocycles. The average molecular weight is 391 g/mol. The zero-order valence-electron chi connectivity index (χ0n) is 13.5. The highest BCUT2D eigenvalue weighted by Crippen LogP contribution is 2.36. The van der Waals surface area contributed by atoms with Crippen molar-refractivity contribution in [2.75, 3.05) is 5.43 Å². The van der Waals surface area contributed by atoms with Gasteiger partial charge < -0.3 is 0 Å². The van der Waals surface area contributed by atoms with Crippen molar-refractivity contribution in [3.63, 3.8) is 0 Å². The summed E-state index contributed by atoms with van der Waals surface area (Å²) < 4.78 is 0. The minimum Gasteiger partial charge on any atom is -0.264 e. The normalized spacial score (nSPS) is 11.2.